The first kappa shape index (κ1) is 16.6. The lowest BCUT2D eigenvalue weighted by atomic mass is 10.1. The maximum absolute atomic E-state index is 5.35. The van der Waals surface area contributed by atoms with E-state index in [1.165, 1.54) is 16.7 Å². The molecule has 7 nitrogen and oxygen atoms in total. The van der Waals surface area contributed by atoms with E-state index in [1.54, 1.807) is 0 Å². The maximum Gasteiger partial charge on any atom is 0.242 e. The summed E-state index contributed by atoms with van der Waals surface area (Å²) < 4.78 is 5.35. The van der Waals surface area contributed by atoms with Crippen LogP contribution in [0.15, 0.2) is 12.1 Å². The Morgan fingerprint density at radius 3 is 2.21 bits per heavy atom. The van der Waals surface area contributed by atoms with Gasteiger partial charge in [0.05, 0.1) is 13.2 Å². The second kappa shape index (κ2) is 7.11. The van der Waals surface area contributed by atoms with Crippen LogP contribution in [0.3, 0.4) is 0 Å². The minimum absolute atomic E-state index is 0.549. The van der Waals surface area contributed by atoms with Crippen LogP contribution in [0.2, 0.25) is 0 Å². The summed E-state index contributed by atoms with van der Waals surface area (Å²) >= 11 is 0. The first-order chi connectivity index (χ1) is 11.5. The summed E-state index contributed by atoms with van der Waals surface area (Å²) in [5.41, 5.74) is 7.88. The van der Waals surface area contributed by atoms with Crippen LogP contribution in [-0.2, 0) is 4.74 Å². The molecule has 0 radical (unpaired) electrons. The third kappa shape index (κ3) is 3.98. The van der Waals surface area contributed by atoms with Crippen LogP contribution in [-0.4, -0.2) is 46.3 Å². The molecule has 24 heavy (non-hydrogen) atoms. The number of benzene rings is 1. The van der Waals surface area contributed by atoms with Crippen LogP contribution in [0.25, 0.3) is 0 Å². The Balaban J connectivity index is 1.81. The van der Waals surface area contributed by atoms with Crippen molar-refractivity contribution in [3.05, 3.63) is 34.6 Å². The van der Waals surface area contributed by atoms with E-state index in [4.69, 9.17) is 4.74 Å². The van der Waals surface area contributed by atoms with E-state index in [-0.39, 0.29) is 0 Å². The Labute approximate surface area is 142 Å². The minimum atomic E-state index is 0.549. The van der Waals surface area contributed by atoms with Crippen molar-refractivity contribution in [1.82, 2.24) is 20.0 Å². The van der Waals surface area contributed by atoms with Crippen molar-refractivity contribution in [2.75, 3.05) is 37.0 Å². The van der Waals surface area contributed by atoms with E-state index in [9.17, 15) is 0 Å². The monoisotopic (exact) mass is 328 g/mol. The summed E-state index contributed by atoms with van der Waals surface area (Å²) in [6.45, 7) is 11.2. The molecule has 3 rings (SSSR count). The summed E-state index contributed by atoms with van der Waals surface area (Å²) in [6, 6.07) is 4.30. The molecule has 1 fully saturated rings. The molecule has 0 atom stereocenters. The van der Waals surface area contributed by atoms with E-state index < -0.39 is 0 Å². The quantitative estimate of drug-likeness (QED) is 0.893. The molecule has 0 aliphatic carbocycles. The van der Waals surface area contributed by atoms with Crippen molar-refractivity contribution in [1.29, 1.82) is 0 Å². The maximum atomic E-state index is 5.35. The van der Waals surface area contributed by atoms with Gasteiger partial charge in [-0.1, -0.05) is 17.7 Å². The van der Waals surface area contributed by atoms with Crippen molar-refractivity contribution in [2.45, 2.75) is 27.7 Å². The van der Waals surface area contributed by atoms with Gasteiger partial charge in [0.1, 0.15) is 5.82 Å². The molecule has 0 bridgehead atoms. The number of hydrazine groups is 1. The number of hydrogen-bond acceptors (Lipinski definition) is 7. The molecule has 0 unspecified atom stereocenters. The number of rotatable bonds is 4. The Morgan fingerprint density at radius 2 is 1.54 bits per heavy atom. The van der Waals surface area contributed by atoms with E-state index in [0.717, 1.165) is 18.8 Å². The fraction of sp³-hybridized carbons (Fsp3) is 0.471. The summed E-state index contributed by atoms with van der Waals surface area (Å²) in [4.78, 5) is 13.3. The van der Waals surface area contributed by atoms with Crippen molar-refractivity contribution in [3.8, 4) is 0 Å². The molecule has 1 aromatic carbocycles. The molecule has 1 aromatic heterocycles. The van der Waals surface area contributed by atoms with Crippen molar-refractivity contribution < 1.29 is 4.74 Å². The van der Waals surface area contributed by atoms with Gasteiger partial charge in [-0.25, -0.2) is 5.01 Å². The number of hydrogen-bond donors (Lipinski definition) is 2. The second-order valence-corrected chi connectivity index (χ2v) is 6.14. The van der Waals surface area contributed by atoms with Gasteiger partial charge in [-0.15, -0.1) is 0 Å². The number of anilines is 3. The molecule has 0 spiro atoms. The highest BCUT2D eigenvalue weighted by Crippen LogP contribution is 2.24. The SMILES string of the molecule is Cc1cc(C)c(Nc2nc(C)nc(NN3CCOCC3)n2)c(C)c1. The minimum Gasteiger partial charge on any atom is -0.379 e. The fourth-order valence-corrected chi connectivity index (χ4v) is 2.89. The molecule has 7 heteroatoms. The van der Waals surface area contributed by atoms with Gasteiger partial charge >= 0.3 is 0 Å². The Hall–Kier alpha value is -2.25. The molecule has 2 heterocycles. The zero-order chi connectivity index (χ0) is 17.1. The van der Waals surface area contributed by atoms with Gasteiger partial charge < -0.3 is 10.1 Å². The van der Waals surface area contributed by atoms with Gasteiger partial charge in [-0.2, -0.15) is 15.0 Å². The Morgan fingerprint density at radius 1 is 0.917 bits per heavy atom. The third-order valence-corrected chi connectivity index (χ3v) is 3.93. The number of morpholine rings is 1. The predicted molar refractivity (Wildman–Crippen MR) is 94.5 cm³/mol. The molecular weight excluding hydrogens is 304 g/mol. The molecule has 128 valence electrons. The van der Waals surface area contributed by atoms with E-state index in [0.29, 0.717) is 30.9 Å². The first-order valence-corrected chi connectivity index (χ1v) is 8.18. The number of aryl methyl sites for hydroxylation is 4. The van der Waals surface area contributed by atoms with Crippen LogP contribution in [0.1, 0.15) is 22.5 Å². The zero-order valence-corrected chi connectivity index (χ0v) is 14.7. The number of aromatic nitrogens is 3. The first-order valence-electron chi connectivity index (χ1n) is 8.18. The average molecular weight is 328 g/mol. The normalized spacial score (nSPS) is 15.3. The van der Waals surface area contributed by atoms with Crippen LogP contribution in [0.4, 0.5) is 17.6 Å². The van der Waals surface area contributed by atoms with Crippen LogP contribution < -0.4 is 10.7 Å². The predicted octanol–water partition coefficient (Wildman–Crippen LogP) is 2.51. The lowest BCUT2D eigenvalue weighted by Crippen LogP contribution is -2.40. The van der Waals surface area contributed by atoms with E-state index in [2.05, 4.69) is 63.6 Å². The topological polar surface area (TPSA) is 75.2 Å². The average Bonchev–Trinajstić information content (AvgIpc) is 2.51. The summed E-state index contributed by atoms with van der Waals surface area (Å²) in [5.74, 6) is 1.77. The smallest absolute Gasteiger partial charge is 0.242 e. The van der Waals surface area contributed by atoms with Crippen LogP contribution in [0.5, 0.6) is 0 Å². The van der Waals surface area contributed by atoms with Gasteiger partial charge in [0.2, 0.25) is 11.9 Å². The van der Waals surface area contributed by atoms with Crippen LogP contribution in [0, 0.1) is 27.7 Å². The zero-order valence-electron chi connectivity index (χ0n) is 14.7. The highest BCUT2D eigenvalue weighted by atomic mass is 16.5. The molecule has 1 aliphatic heterocycles. The van der Waals surface area contributed by atoms with Gasteiger partial charge in [0.25, 0.3) is 0 Å². The summed E-state index contributed by atoms with van der Waals surface area (Å²) in [7, 11) is 0. The highest BCUT2D eigenvalue weighted by Gasteiger charge is 2.13. The Bertz CT molecular complexity index is 704. The largest absolute Gasteiger partial charge is 0.379 e. The number of ether oxygens (including phenoxy) is 1. The van der Waals surface area contributed by atoms with Crippen molar-refractivity contribution in [3.63, 3.8) is 0 Å². The van der Waals surface area contributed by atoms with E-state index in [1.807, 2.05) is 6.92 Å². The molecule has 2 aromatic rings. The summed E-state index contributed by atoms with van der Waals surface area (Å²) in [5, 5.41) is 5.40. The molecular formula is C17H24N6O. The lowest BCUT2D eigenvalue weighted by Gasteiger charge is -2.27. The number of nitrogens with zero attached hydrogens (tertiary/aromatic N) is 4. The standard InChI is InChI=1S/C17H24N6O/c1-11-9-12(2)15(13(3)10-11)20-16-18-14(4)19-17(21-16)22-23-5-7-24-8-6-23/h9-10H,5-8H2,1-4H3,(H2,18,19,20,21,22). The van der Waals surface area contributed by atoms with Crippen molar-refractivity contribution >= 4 is 17.6 Å². The molecule has 1 aliphatic rings. The van der Waals surface area contributed by atoms with Crippen LogP contribution >= 0.6 is 0 Å². The molecule has 0 saturated carbocycles. The summed E-state index contributed by atoms with van der Waals surface area (Å²) in [6.07, 6.45) is 0. The molecule has 1 saturated heterocycles. The second-order valence-electron chi connectivity index (χ2n) is 6.14. The number of nitrogens with one attached hydrogen (secondary N) is 2. The van der Waals surface area contributed by atoms with Gasteiger partial charge in [0.15, 0.2) is 0 Å². The van der Waals surface area contributed by atoms with E-state index >= 15 is 0 Å². The van der Waals surface area contributed by atoms with Gasteiger partial charge in [-0.05, 0) is 38.8 Å². The highest BCUT2D eigenvalue weighted by molar-refractivity contribution is 5.64. The third-order valence-electron chi connectivity index (χ3n) is 3.93. The molecule has 2 N–H and O–H groups in total. The fourth-order valence-electron chi connectivity index (χ4n) is 2.89. The van der Waals surface area contributed by atoms with Gasteiger partial charge in [-0.3, -0.25) is 5.43 Å². The van der Waals surface area contributed by atoms with Crippen molar-refractivity contribution in [2.24, 2.45) is 0 Å². The Kier molecular flexibility index (Phi) is 4.92. The van der Waals surface area contributed by atoms with Gasteiger partial charge in [0, 0.05) is 18.8 Å². The molecule has 0 amide bonds. The lowest BCUT2D eigenvalue weighted by molar-refractivity contribution is 0.0492.